The number of morpholine rings is 1. The van der Waals surface area contributed by atoms with Crippen LogP contribution >= 0.6 is 0 Å². The Morgan fingerprint density at radius 3 is 2.61 bits per heavy atom. The van der Waals surface area contributed by atoms with Crippen LogP contribution in [0.1, 0.15) is 29.9 Å². The number of carbonyl (C=O) groups is 1. The van der Waals surface area contributed by atoms with Gasteiger partial charge in [-0.2, -0.15) is 5.26 Å². The van der Waals surface area contributed by atoms with E-state index in [9.17, 15) is 4.79 Å². The predicted molar refractivity (Wildman–Crippen MR) is 64.9 cm³/mol. The maximum Gasteiger partial charge on any atom is 0.255 e. The number of rotatable bonds is 1. The van der Waals surface area contributed by atoms with Gasteiger partial charge in [0.2, 0.25) is 0 Å². The summed E-state index contributed by atoms with van der Waals surface area (Å²) >= 11 is 0. The Labute approximate surface area is 106 Å². The Balaban J connectivity index is 2.12. The summed E-state index contributed by atoms with van der Waals surface area (Å²) in [5.74, 6) is -0.0611. The van der Waals surface area contributed by atoms with E-state index in [0.29, 0.717) is 24.3 Å². The van der Waals surface area contributed by atoms with Gasteiger partial charge in [0, 0.05) is 19.3 Å². The van der Waals surface area contributed by atoms with Gasteiger partial charge in [0.1, 0.15) is 11.8 Å². The van der Waals surface area contributed by atoms with Crippen molar-refractivity contribution >= 4 is 5.91 Å². The first-order valence-corrected chi connectivity index (χ1v) is 5.91. The average molecular weight is 245 g/mol. The lowest BCUT2D eigenvalue weighted by Crippen LogP contribution is -2.48. The summed E-state index contributed by atoms with van der Waals surface area (Å²) < 4.78 is 5.59. The zero-order valence-corrected chi connectivity index (χ0v) is 10.5. The normalized spacial score (nSPS) is 23.5. The highest BCUT2D eigenvalue weighted by molar-refractivity contribution is 5.94. The van der Waals surface area contributed by atoms with E-state index >= 15 is 0 Å². The van der Waals surface area contributed by atoms with Crippen LogP contribution in [0.5, 0.6) is 0 Å². The van der Waals surface area contributed by atoms with Gasteiger partial charge in [-0.3, -0.25) is 4.79 Å². The molecule has 1 amide bonds. The standard InChI is InChI=1S/C13H15N3O2/c1-9-7-16(8-10(2)18-9)13(17)11-3-4-12(5-14)15-6-11/h3-4,6,9-10H,7-8H2,1-2H3. The summed E-state index contributed by atoms with van der Waals surface area (Å²) in [7, 11) is 0. The number of amides is 1. The van der Waals surface area contributed by atoms with Gasteiger partial charge in [0.05, 0.1) is 17.8 Å². The SMILES string of the molecule is CC1CN(C(=O)c2ccc(C#N)nc2)CC(C)O1. The maximum absolute atomic E-state index is 12.2. The molecule has 1 aromatic rings. The van der Waals surface area contributed by atoms with Gasteiger partial charge in [0.25, 0.3) is 5.91 Å². The van der Waals surface area contributed by atoms with Crippen molar-refractivity contribution in [2.24, 2.45) is 0 Å². The molecule has 18 heavy (non-hydrogen) atoms. The summed E-state index contributed by atoms with van der Waals surface area (Å²) in [6.45, 7) is 5.08. The first kappa shape index (κ1) is 12.5. The molecule has 94 valence electrons. The van der Waals surface area contributed by atoms with Crippen molar-refractivity contribution in [1.29, 1.82) is 5.26 Å². The van der Waals surface area contributed by atoms with Crippen LogP contribution in [0, 0.1) is 11.3 Å². The minimum absolute atomic E-state index is 0.0454. The van der Waals surface area contributed by atoms with Crippen LogP contribution in [-0.2, 0) is 4.74 Å². The van der Waals surface area contributed by atoms with E-state index in [4.69, 9.17) is 10.00 Å². The molecule has 0 aromatic carbocycles. The van der Waals surface area contributed by atoms with Gasteiger partial charge < -0.3 is 9.64 Å². The monoisotopic (exact) mass is 245 g/mol. The van der Waals surface area contributed by atoms with Gasteiger partial charge in [-0.1, -0.05) is 0 Å². The molecule has 2 atom stereocenters. The number of ether oxygens (including phenoxy) is 1. The summed E-state index contributed by atoms with van der Waals surface area (Å²) in [4.78, 5) is 17.9. The lowest BCUT2D eigenvalue weighted by Gasteiger charge is -2.35. The van der Waals surface area contributed by atoms with Crippen molar-refractivity contribution in [2.75, 3.05) is 13.1 Å². The molecule has 1 aliphatic rings. The molecule has 1 aromatic heterocycles. The predicted octanol–water partition coefficient (Wildman–Crippen LogP) is 1.20. The number of hydrogen-bond acceptors (Lipinski definition) is 4. The summed E-state index contributed by atoms with van der Waals surface area (Å²) in [5.41, 5.74) is 0.825. The highest BCUT2D eigenvalue weighted by Gasteiger charge is 2.26. The van der Waals surface area contributed by atoms with E-state index in [-0.39, 0.29) is 18.1 Å². The molecule has 0 aliphatic carbocycles. The molecule has 0 N–H and O–H groups in total. The zero-order chi connectivity index (χ0) is 13.1. The fourth-order valence-corrected chi connectivity index (χ4v) is 2.11. The molecule has 2 unspecified atom stereocenters. The third-order valence-corrected chi connectivity index (χ3v) is 2.83. The number of carbonyl (C=O) groups excluding carboxylic acids is 1. The van der Waals surface area contributed by atoms with Crippen LogP contribution < -0.4 is 0 Å². The van der Waals surface area contributed by atoms with Crippen molar-refractivity contribution in [1.82, 2.24) is 9.88 Å². The molecule has 5 heteroatoms. The van der Waals surface area contributed by atoms with E-state index in [1.165, 1.54) is 6.20 Å². The molecule has 0 radical (unpaired) electrons. The highest BCUT2D eigenvalue weighted by atomic mass is 16.5. The Kier molecular flexibility index (Phi) is 3.58. The second-order valence-corrected chi connectivity index (χ2v) is 4.51. The third kappa shape index (κ3) is 2.66. The summed E-state index contributed by atoms with van der Waals surface area (Å²) in [6, 6.07) is 5.12. The van der Waals surface area contributed by atoms with Crippen molar-refractivity contribution < 1.29 is 9.53 Å². The molecular weight excluding hydrogens is 230 g/mol. The fraction of sp³-hybridized carbons (Fsp3) is 0.462. The Bertz CT molecular complexity index is 468. The number of aromatic nitrogens is 1. The highest BCUT2D eigenvalue weighted by Crippen LogP contribution is 2.14. The van der Waals surface area contributed by atoms with Crippen LogP contribution in [0.25, 0.3) is 0 Å². The number of pyridine rings is 1. The lowest BCUT2D eigenvalue weighted by molar-refractivity contribution is -0.0586. The maximum atomic E-state index is 12.2. The van der Waals surface area contributed by atoms with Gasteiger partial charge in [0.15, 0.2) is 0 Å². The van der Waals surface area contributed by atoms with Crippen LogP contribution in [-0.4, -0.2) is 41.1 Å². The summed E-state index contributed by atoms with van der Waals surface area (Å²) in [6.07, 6.45) is 1.54. The average Bonchev–Trinajstić information content (AvgIpc) is 2.37. The molecular formula is C13H15N3O2. The minimum Gasteiger partial charge on any atom is -0.372 e. The minimum atomic E-state index is -0.0611. The second-order valence-electron chi connectivity index (χ2n) is 4.51. The molecule has 2 rings (SSSR count). The first-order valence-electron chi connectivity index (χ1n) is 5.91. The topological polar surface area (TPSA) is 66.2 Å². The molecule has 2 heterocycles. The van der Waals surface area contributed by atoms with Gasteiger partial charge >= 0.3 is 0 Å². The van der Waals surface area contributed by atoms with E-state index in [2.05, 4.69) is 4.98 Å². The molecule has 1 fully saturated rings. The Morgan fingerprint density at radius 2 is 2.11 bits per heavy atom. The first-order chi connectivity index (χ1) is 8.60. The molecule has 1 aliphatic heterocycles. The summed E-state index contributed by atoms with van der Waals surface area (Å²) in [5, 5.41) is 8.66. The number of hydrogen-bond donors (Lipinski definition) is 0. The van der Waals surface area contributed by atoms with E-state index in [1.54, 1.807) is 17.0 Å². The molecule has 1 saturated heterocycles. The number of nitrogens with zero attached hydrogens (tertiary/aromatic N) is 3. The van der Waals surface area contributed by atoms with Gasteiger partial charge in [-0.15, -0.1) is 0 Å². The smallest absolute Gasteiger partial charge is 0.255 e. The van der Waals surface area contributed by atoms with Crippen LogP contribution in [0.3, 0.4) is 0 Å². The van der Waals surface area contributed by atoms with Crippen LogP contribution in [0.15, 0.2) is 18.3 Å². The Morgan fingerprint density at radius 1 is 1.44 bits per heavy atom. The van der Waals surface area contributed by atoms with E-state index in [0.717, 1.165) is 0 Å². The van der Waals surface area contributed by atoms with Crippen molar-refractivity contribution in [3.8, 4) is 6.07 Å². The largest absolute Gasteiger partial charge is 0.372 e. The van der Waals surface area contributed by atoms with Gasteiger partial charge in [-0.05, 0) is 26.0 Å². The van der Waals surface area contributed by atoms with E-state index in [1.807, 2.05) is 19.9 Å². The van der Waals surface area contributed by atoms with Gasteiger partial charge in [-0.25, -0.2) is 4.98 Å². The van der Waals surface area contributed by atoms with Crippen molar-refractivity contribution in [3.05, 3.63) is 29.6 Å². The van der Waals surface area contributed by atoms with E-state index < -0.39 is 0 Å². The Hall–Kier alpha value is -1.93. The van der Waals surface area contributed by atoms with Crippen LogP contribution in [0.4, 0.5) is 0 Å². The molecule has 0 spiro atoms. The van der Waals surface area contributed by atoms with Crippen molar-refractivity contribution in [2.45, 2.75) is 26.1 Å². The van der Waals surface area contributed by atoms with Crippen molar-refractivity contribution in [3.63, 3.8) is 0 Å². The number of nitriles is 1. The zero-order valence-electron chi connectivity index (χ0n) is 10.5. The molecule has 0 bridgehead atoms. The van der Waals surface area contributed by atoms with Crippen LogP contribution in [0.2, 0.25) is 0 Å². The molecule has 5 nitrogen and oxygen atoms in total. The third-order valence-electron chi connectivity index (χ3n) is 2.83. The molecule has 0 saturated carbocycles. The lowest BCUT2D eigenvalue weighted by atomic mass is 10.2. The second kappa shape index (κ2) is 5.15. The quantitative estimate of drug-likeness (QED) is 0.745. The fourth-order valence-electron chi connectivity index (χ4n) is 2.11.